The maximum absolute atomic E-state index is 12.1. The topological polar surface area (TPSA) is 63.6 Å². The Hall–Kier alpha value is -2.49. The lowest BCUT2D eigenvalue weighted by atomic mass is 10.1. The van der Waals surface area contributed by atoms with Gasteiger partial charge in [-0.3, -0.25) is 4.79 Å². The molecule has 0 aliphatic carbocycles. The van der Waals surface area contributed by atoms with E-state index < -0.39 is 0 Å². The standard InChI is InChI=1S/C13H8O4/c14-8-3-4-11-9(6-8)10(7-17-11)13(15)12-2-1-5-16-12/h1-7,14H. The Labute approximate surface area is 96.1 Å². The van der Waals surface area contributed by atoms with E-state index in [0.717, 1.165) is 0 Å². The summed E-state index contributed by atoms with van der Waals surface area (Å²) in [7, 11) is 0. The van der Waals surface area contributed by atoms with Crippen molar-refractivity contribution in [1.82, 2.24) is 0 Å². The average molecular weight is 228 g/mol. The third-order valence-corrected chi connectivity index (χ3v) is 2.55. The van der Waals surface area contributed by atoms with E-state index in [1.807, 2.05) is 0 Å². The Balaban J connectivity index is 2.18. The smallest absolute Gasteiger partial charge is 0.232 e. The number of hydrogen-bond donors (Lipinski definition) is 1. The SMILES string of the molecule is O=C(c1ccco1)c1coc2ccc(O)cc12. The molecule has 0 unspecified atom stereocenters. The molecule has 0 aliphatic heterocycles. The fraction of sp³-hybridized carbons (Fsp3) is 0. The maximum Gasteiger partial charge on any atom is 0.232 e. The van der Waals surface area contributed by atoms with Crippen molar-refractivity contribution in [1.29, 1.82) is 0 Å². The van der Waals surface area contributed by atoms with Crippen LogP contribution < -0.4 is 0 Å². The normalized spacial score (nSPS) is 10.8. The third-order valence-electron chi connectivity index (χ3n) is 2.55. The van der Waals surface area contributed by atoms with Crippen LogP contribution in [0.4, 0.5) is 0 Å². The summed E-state index contributed by atoms with van der Waals surface area (Å²) in [6, 6.07) is 7.85. The Bertz CT molecular complexity index is 677. The number of phenolic OH excluding ortho intramolecular Hbond substituents is 1. The van der Waals surface area contributed by atoms with E-state index in [1.165, 1.54) is 24.7 Å². The van der Waals surface area contributed by atoms with Gasteiger partial charge in [-0.2, -0.15) is 0 Å². The number of carbonyl (C=O) groups is 1. The first-order valence-corrected chi connectivity index (χ1v) is 5.04. The Kier molecular flexibility index (Phi) is 2.01. The number of phenols is 1. The second kappa shape index (κ2) is 3.52. The van der Waals surface area contributed by atoms with Gasteiger partial charge >= 0.3 is 0 Å². The van der Waals surface area contributed by atoms with Crippen LogP contribution in [0.15, 0.2) is 51.7 Å². The molecule has 0 bridgehead atoms. The van der Waals surface area contributed by atoms with Gasteiger partial charge in [0.05, 0.1) is 11.8 Å². The molecular formula is C13H8O4. The molecule has 1 aromatic carbocycles. The van der Waals surface area contributed by atoms with Crippen LogP contribution in [0.3, 0.4) is 0 Å². The van der Waals surface area contributed by atoms with Crippen LogP contribution in [0.1, 0.15) is 16.1 Å². The minimum absolute atomic E-state index is 0.0902. The van der Waals surface area contributed by atoms with Gasteiger partial charge in [-0.05, 0) is 30.3 Å². The lowest BCUT2D eigenvalue weighted by Crippen LogP contribution is -1.97. The van der Waals surface area contributed by atoms with Crippen molar-refractivity contribution >= 4 is 16.8 Å². The van der Waals surface area contributed by atoms with Crippen molar-refractivity contribution < 1.29 is 18.7 Å². The largest absolute Gasteiger partial charge is 0.508 e. The molecule has 0 amide bonds. The highest BCUT2D eigenvalue weighted by molar-refractivity contribution is 6.14. The van der Waals surface area contributed by atoms with E-state index in [0.29, 0.717) is 16.5 Å². The number of fused-ring (bicyclic) bond motifs is 1. The van der Waals surface area contributed by atoms with E-state index in [9.17, 15) is 9.90 Å². The summed E-state index contributed by atoms with van der Waals surface area (Å²) in [4.78, 5) is 12.1. The van der Waals surface area contributed by atoms with Crippen molar-refractivity contribution in [3.05, 3.63) is 54.2 Å². The summed E-state index contributed by atoms with van der Waals surface area (Å²) >= 11 is 0. The van der Waals surface area contributed by atoms with Crippen molar-refractivity contribution in [2.24, 2.45) is 0 Å². The number of ketones is 1. The predicted molar refractivity (Wildman–Crippen MR) is 60.0 cm³/mol. The molecule has 2 aromatic heterocycles. The number of carbonyl (C=O) groups excluding carboxylic acids is 1. The summed E-state index contributed by atoms with van der Waals surface area (Å²) in [5.74, 6) is 0.0720. The van der Waals surface area contributed by atoms with Crippen molar-refractivity contribution in [2.45, 2.75) is 0 Å². The first-order valence-electron chi connectivity index (χ1n) is 5.04. The zero-order valence-corrected chi connectivity index (χ0v) is 8.71. The Morgan fingerprint density at radius 1 is 1.18 bits per heavy atom. The van der Waals surface area contributed by atoms with E-state index in [2.05, 4.69) is 0 Å². The number of benzene rings is 1. The lowest BCUT2D eigenvalue weighted by Gasteiger charge is -1.95. The molecule has 3 aromatic rings. The quantitative estimate of drug-likeness (QED) is 0.685. The molecular weight excluding hydrogens is 220 g/mol. The third kappa shape index (κ3) is 1.50. The fourth-order valence-corrected chi connectivity index (χ4v) is 1.73. The van der Waals surface area contributed by atoms with Crippen LogP contribution in [0.25, 0.3) is 11.0 Å². The van der Waals surface area contributed by atoms with Gasteiger partial charge in [0.1, 0.15) is 17.6 Å². The minimum atomic E-state index is -0.264. The summed E-state index contributed by atoms with van der Waals surface area (Å²) in [6.45, 7) is 0. The molecule has 0 saturated heterocycles. The highest BCUT2D eigenvalue weighted by Crippen LogP contribution is 2.26. The number of rotatable bonds is 2. The molecule has 0 fully saturated rings. The maximum atomic E-state index is 12.1. The van der Waals surface area contributed by atoms with Crippen LogP contribution in [0, 0.1) is 0 Å². The molecule has 3 rings (SSSR count). The molecule has 2 heterocycles. The van der Waals surface area contributed by atoms with Gasteiger partial charge in [-0.15, -0.1) is 0 Å². The van der Waals surface area contributed by atoms with Gasteiger partial charge in [0.2, 0.25) is 5.78 Å². The zero-order chi connectivity index (χ0) is 11.8. The molecule has 0 atom stereocenters. The number of aromatic hydroxyl groups is 1. The first kappa shape index (κ1) is 9.72. The van der Waals surface area contributed by atoms with Crippen LogP contribution in [-0.4, -0.2) is 10.9 Å². The average Bonchev–Trinajstić information content (AvgIpc) is 2.97. The summed E-state index contributed by atoms with van der Waals surface area (Å²) in [5.41, 5.74) is 0.934. The van der Waals surface area contributed by atoms with E-state index >= 15 is 0 Å². The van der Waals surface area contributed by atoms with Gasteiger partial charge in [-0.1, -0.05) is 0 Å². The summed E-state index contributed by atoms with van der Waals surface area (Å²) in [5, 5.41) is 9.98. The van der Waals surface area contributed by atoms with Crippen molar-refractivity contribution in [3.63, 3.8) is 0 Å². The van der Waals surface area contributed by atoms with Gasteiger partial charge in [0.25, 0.3) is 0 Å². The van der Waals surface area contributed by atoms with Crippen LogP contribution in [0.5, 0.6) is 5.75 Å². The monoisotopic (exact) mass is 228 g/mol. The van der Waals surface area contributed by atoms with Gasteiger partial charge < -0.3 is 13.9 Å². The van der Waals surface area contributed by atoms with E-state index in [1.54, 1.807) is 18.2 Å². The second-order valence-corrected chi connectivity index (χ2v) is 3.64. The molecule has 17 heavy (non-hydrogen) atoms. The van der Waals surface area contributed by atoms with Crippen LogP contribution >= 0.6 is 0 Å². The minimum Gasteiger partial charge on any atom is -0.508 e. The highest BCUT2D eigenvalue weighted by atomic mass is 16.3. The summed E-state index contributed by atoms with van der Waals surface area (Å²) in [6.07, 6.45) is 2.81. The lowest BCUT2D eigenvalue weighted by molar-refractivity contribution is 0.101. The molecule has 0 radical (unpaired) electrons. The molecule has 84 valence electrons. The number of hydrogen-bond acceptors (Lipinski definition) is 4. The molecule has 0 spiro atoms. The highest BCUT2D eigenvalue weighted by Gasteiger charge is 2.17. The molecule has 4 nitrogen and oxygen atoms in total. The van der Waals surface area contributed by atoms with Gasteiger partial charge in [0, 0.05) is 5.39 Å². The first-order chi connectivity index (χ1) is 8.25. The zero-order valence-electron chi connectivity index (χ0n) is 8.71. The molecule has 1 N–H and O–H groups in total. The van der Waals surface area contributed by atoms with Crippen LogP contribution in [-0.2, 0) is 0 Å². The van der Waals surface area contributed by atoms with Gasteiger partial charge in [-0.25, -0.2) is 0 Å². The predicted octanol–water partition coefficient (Wildman–Crippen LogP) is 2.96. The summed E-state index contributed by atoms with van der Waals surface area (Å²) < 4.78 is 10.3. The van der Waals surface area contributed by atoms with Crippen molar-refractivity contribution in [3.8, 4) is 5.75 Å². The number of furan rings is 2. The van der Waals surface area contributed by atoms with Crippen molar-refractivity contribution in [2.75, 3.05) is 0 Å². The Morgan fingerprint density at radius 3 is 2.82 bits per heavy atom. The second-order valence-electron chi connectivity index (χ2n) is 3.64. The van der Waals surface area contributed by atoms with E-state index in [-0.39, 0.29) is 17.3 Å². The molecule has 4 heteroatoms. The fourth-order valence-electron chi connectivity index (χ4n) is 1.73. The van der Waals surface area contributed by atoms with E-state index in [4.69, 9.17) is 8.83 Å². The molecule has 0 saturated carbocycles. The van der Waals surface area contributed by atoms with Gasteiger partial charge in [0.15, 0.2) is 5.76 Å². The Morgan fingerprint density at radius 2 is 2.06 bits per heavy atom. The van der Waals surface area contributed by atoms with Crippen LogP contribution in [0.2, 0.25) is 0 Å². The molecule has 0 aliphatic rings.